The van der Waals surface area contributed by atoms with E-state index in [0.29, 0.717) is 5.84 Å². The molecule has 0 saturated carbocycles. The van der Waals surface area contributed by atoms with E-state index >= 15 is 0 Å². The second kappa shape index (κ2) is 6.19. The van der Waals surface area contributed by atoms with Crippen LogP contribution in [0.4, 0.5) is 0 Å². The molecule has 106 valence electrons. The number of aryl methyl sites for hydroxylation is 2. The molecule has 0 radical (unpaired) electrons. The predicted octanol–water partition coefficient (Wildman–Crippen LogP) is 1.61. The second-order valence-corrected chi connectivity index (χ2v) is 5.33. The predicted molar refractivity (Wildman–Crippen MR) is 77.2 cm³/mol. The van der Waals surface area contributed by atoms with Crippen molar-refractivity contribution in [1.29, 1.82) is 5.41 Å². The number of aromatic nitrogens is 2. The van der Waals surface area contributed by atoms with Crippen LogP contribution >= 0.6 is 0 Å². The van der Waals surface area contributed by atoms with Gasteiger partial charge < -0.3 is 5.73 Å². The van der Waals surface area contributed by atoms with Crippen molar-refractivity contribution in [3.05, 3.63) is 17.5 Å². The van der Waals surface area contributed by atoms with Crippen LogP contribution in [0.1, 0.15) is 38.1 Å². The van der Waals surface area contributed by atoms with Crippen LogP contribution in [0.15, 0.2) is 6.07 Å². The highest BCUT2D eigenvalue weighted by atomic mass is 15.3. The van der Waals surface area contributed by atoms with Gasteiger partial charge in [-0.2, -0.15) is 5.10 Å². The lowest BCUT2D eigenvalue weighted by molar-refractivity contribution is 0.191. The number of nitrogens with two attached hydrogens (primary N) is 1. The third-order valence-electron chi connectivity index (χ3n) is 3.91. The molecule has 0 bridgehead atoms. The van der Waals surface area contributed by atoms with Gasteiger partial charge >= 0.3 is 0 Å². The van der Waals surface area contributed by atoms with Gasteiger partial charge in [0, 0.05) is 25.6 Å². The van der Waals surface area contributed by atoms with Crippen LogP contribution in [-0.2, 0) is 19.5 Å². The van der Waals surface area contributed by atoms with Crippen molar-refractivity contribution in [1.82, 2.24) is 14.7 Å². The van der Waals surface area contributed by atoms with Gasteiger partial charge in [0.05, 0.1) is 17.2 Å². The molecular formula is C14H25N5. The number of likely N-dealkylation sites (tertiary alicyclic amines) is 1. The Morgan fingerprint density at radius 1 is 1.53 bits per heavy atom. The molecule has 19 heavy (non-hydrogen) atoms. The van der Waals surface area contributed by atoms with E-state index in [2.05, 4.69) is 34.6 Å². The molecule has 2 rings (SSSR count). The fraction of sp³-hybridized carbons (Fsp3) is 0.714. The molecule has 0 aromatic carbocycles. The molecule has 0 amide bonds. The molecule has 1 saturated heterocycles. The molecule has 5 nitrogen and oxygen atoms in total. The molecule has 2 heterocycles. The largest absolute Gasteiger partial charge is 0.387 e. The van der Waals surface area contributed by atoms with Crippen LogP contribution < -0.4 is 5.73 Å². The van der Waals surface area contributed by atoms with Gasteiger partial charge in [-0.05, 0) is 38.8 Å². The summed E-state index contributed by atoms with van der Waals surface area (Å²) in [6, 6.07) is 2.21. The van der Waals surface area contributed by atoms with Gasteiger partial charge in [0.25, 0.3) is 0 Å². The van der Waals surface area contributed by atoms with E-state index < -0.39 is 0 Å². The monoisotopic (exact) mass is 263 g/mol. The Bertz CT molecular complexity index is 437. The molecule has 3 N–H and O–H groups in total. The van der Waals surface area contributed by atoms with Crippen LogP contribution in [-0.4, -0.2) is 33.6 Å². The van der Waals surface area contributed by atoms with Gasteiger partial charge in [-0.25, -0.2) is 0 Å². The first-order valence-electron chi connectivity index (χ1n) is 7.25. The Hall–Kier alpha value is -1.36. The molecule has 1 aromatic heterocycles. The number of nitrogens with zero attached hydrogens (tertiary/aromatic N) is 3. The van der Waals surface area contributed by atoms with Gasteiger partial charge in [-0.1, -0.05) is 6.92 Å². The summed E-state index contributed by atoms with van der Waals surface area (Å²) in [4.78, 5) is 2.40. The fourth-order valence-electron chi connectivity index (χ4n) is 2.77. The molecule has 0 spiro atoms. The first kappa shape index (κ1) is 14.1. The zero-order valence-electron chi connectivity index (χ0n) is 12.0. The lowest BCUT2D eigenvalue weighted by atomic mass is 9.97. The molecule has 1 unspecified atom stereocenters. The van der Waals surface area contributed by atoms with Crippen molar-refractivity contribution >= 4 is 5.84 Å². The highest BCUT2D eigenvalue weighted by Crippen LogP contribution is 2.19. The van der Waals surface area contributed by atoms with Gasteiger partial charge in [0.15, 0.2) is 0 Å². The Morgan fingerprint density at radius 3 is 2.95 bits per heavy atom. The Morgan fingerprint density at radius 2 is 2.32 bits per heavy atom. The SMILES string of the molecule is CCc1cc(CN2CCCC(C(=N)N)C2)n(CC)n1. The average molecular weight is 263 g/mol. The number of amidine groups is 1. The van der Waals surface area contributed by atoms with Crippen LogP contribution in [0.25, 0.3) is 0 Å². The highest BCUT2D eigenvalue weighted by molar-refractivity contribution is 5.79. The lowest BCUT2D eigenvalue weighted by Gasteiger charge is -2.32. The molecular weight excluding hydrogens is 238 g/mol. The standard InChI is InChI=1S/C14H25N5/c1-3-12-8-13(19(4-2)17-12)10-18-7-5-6-11(9-18)14(15)16/h8,11H,3-7,9-10H2,1-2H3,(H3,15,16). The van der Waals surface area contributed by atoms with Gasteiger partial charge in [0.1, 0.15) is 0 Å². The van der Waals surface area contributed by atoms with Crippen LogP contribution in [0.2, 0.25) is 0 Å². The third-order valence-corrected chi connectivity index (χ3v) is 3.91. The maximum Gasteiger partial charge on any atom is 0.0949 e. The number of rotatable bonds is 5. The highest BCUT2D eigenvalue weighted by Gasteiger charge is 2.22. The summed E-state index contributed by atoms with van der Waals surface area (Å²) in [5.74, 6) is 0.570. The minimum Gasteiger partial charge on any atom is -0.387 e. The number of nitrogens with one attached hydrogen (secondary N) is 1. The normalized spacial score (nSPS) is 20.6. The van der Waals surface area contributed by atoms with Crippen molar-refractivity contribution in [2.45, 2.75) is 46.2 Å². The van der Waals surface area contributed by atoms with Crippen molar-refractivity contribution in [2.24, 2.45) is 11.7 Å². The van der Waals surface area contributed by atoms with E-state index in [1.807, 2.05) is 0 Å². The minimum atomic E-state index is 0.234. The maximum absolute atomic E-state index is 7.60. The summed E-state index contributed by atoms with van der Waals surface area (Å²) in [6.45, 7) is 8.11. The molecule has 1 fully saturated rings. The lowest BCUT2D eigenvalue weighted by Crippen LogP contribution is -2.40. The van der Waals surface area contributed by atoms with E-state index in [9.17, 15) is 0 Å². The maximum atomic E-state index is 7.60. The van der Waals surface area contributed by atoms with Gasteiger partial charge in [-0.3, -0.25) is 15.0 Å². The second-order valence-electron chi connectivity index (χ2n) is 5.33. The van der Waals surface area contributed by atoms with Crippen molar-refractivity contribution in [3.8, 4) is 0 Å². The first-order chi connectivity index (χ1) is 9.13. The summed E-state index contributed by atoms with van der Waals surface area (Å²) in [5, 5.41) is 12.2. The quantitative estimate of drug-likeness (QED) is 0.626. The van der Waals surface area contributed by atoms with Crippen LogP contribution in [0.5, 0.6) is 0 Å². The average Bonchev–Trinajstić information content (AvgIpc) is 2.81. The summed E-state index contributed by atoms with van der Waals surface area (Å²) in [7, 11) is 0. The molecule has 0 aliphatic carbocycles. The van der Waals surface area contributed by atoms with Crippen molar-refractivity contribution in [2.75, 3.05) is 13.1 Å². The third kappa shape index (κ3) is 3.35. The first-order valence-corrected chi connectivity index (χ1v) is 7.25. The smallest absolute Gasteiger partial charge is 0.0949 e. The van der Waals surface area contributed by atoms with E-state index in [4.69, 9.17) is 11.1 Å². The molecule has 5 heteroatoms. The number of piperidine rings is 1. The minimum absolute atomic E-state index is 0.234. The van der Waals surface area contributed by atoms with Gasteiger partial charge in [0.2, 0.25) is 0 Å². The summed E-state index contributed by atoms with van der Waals surface area (Å²) >= 11 is 0. The zero-order valence-corrected chi connectivity index (χ0v) is 12.0. The fourth-order valence-corrected chi connectivity index (χ4v) is 2.77. The summed E-state index contributed by atoms with van der Waals surface area (Å²) in [5.41, 5.74) is 8.09. The molecule has 1 aliphatic rings. The van der Waals surface area contributed by atoms with Gasteiger partial charge in [-0.15, -0.1) is 0 Å². The topological polar surface area (TPSA) is 70.9 Å². The summed E-state index contributed by atoms with van der Waals surface area (Å²) in [6.07, 6.45) is 3.17. The van der Waals surface area contributed by atoms with Crippen LogP contribution in [0, 0.1) is 11.3 Å². The number of hydrogen-bond donors (Lipinski definition) is 2. The van der Waals surface area contributed by atoms with E-state index in [1.165, 1.54) is 5.69 Å². The van der Waals surface area contributed by atoms with Crippen LogP contribution in [0.3, 0.4) is 0 Å². The Balaban J connectivity index is 2.03. The van der Waals surface area contributed by atoms with E-state index in [1.54, 1.807) is 0 Å². The zero-order chi connectivity index (χ0) is 13.8. The van der Waals surface area contributed by atoms with E-state index in [0.717, 1.165) is 51.1 Å². The molecule has 1 aliphatic heterocycles. The molecule has 1 aromatic rings. The van der Waals surface area contributed by atoms with E-state index in [-0.39, 0.29) is 5.92 Å². The molecule has 1 atom stereocenters. The Labute approximate surface area is 115 Å². The Kier molecular flexibility index (Phi) is 4.58. The van der Waals surface area contributed by atoms with Crippen molar-refractivity contribution < 1.29 is 0 Å². The number of hydrogen-bond acceptors (Lipinski definition) is 3. The van der Waals surface area contributed by atoms with Crippen molar-refractivity contribution in [3.63, 3.8) is 0 Å². The summed E-state index contributed by atoms with van der Waals surface area (Å²) < 4.78 is 2.09.